The molecule has 2 atom stereocenters. The number of ether oxygens (including phenoxy) is 1. The molecule has 0 aliphatic carbocycles. The highest BCUT2D eigenvalue weighted by molar-refractivity contribution is 5.89. The summed E-state index contributed by atoms with van der Waals surface area (Å²) in [5.41, 5.74) is 0.871. The van der Waals surface area contributed by atoms with Gasteiger partial charge < -0.3 is 15.4 Å². The number of carbonyl (C=O) groups is 3. The molecule has 0 heterocycles. The molecule has 1 aromatic carbocycles. The van der Waals surface area contributed by atoms with Crippen LogP contribution in [0, 0.1) is 0 Å². The van der Waals surface area contributed by atoms with Crippen LogP contribution in [0.15, 0.2) is 30.3 Å². The molecule has 6 nitrogen and oxygen atoms in total. The highest BCUT2D eigenvalue weighted by atomic mass is 16.5. The molecule has 2 amide bonds. The van der Waals surface area contributed by atoms with E-state index in [9.17, 15) is 14.4 Å². The number of esters is 1. The molecule has 21 heavy (non-hydrogen) atoms. The minimum absolute atomic E-state index is 0.154. The molecular weight excluding hydrogens is 272 g/mol. The minimum Gasteiger partial charge on any atom is -0.459 e. The molecule has 0 saturated carbocycles. The van der Waals surface area contributed by atoms with Gasteiger partial charge in [-0.2, -0.15) is 0 Å². The Bertz CT molecular complexity index is 502. The SMILES string of the molecule is CC(=O)N[C@H](C)C(=O)N[C@@H](C)C(=O)OCc1ccccc1. The maximum Gasteiger partial charge on any atom is 0.328 e. The fourth-order valence-corrected chi connectivity index (χ4v) is 1.62. The van der Waals surface area contributed by atoms with Crippen molar-refractivity contribution in [3.8, 4) is 0 Å². The summed E-state index contributed by atoms with van der Waals surface area (Å²) < 4.78 is 5.11. The van der Waals surface area contributed by atoms with Crippen LogP contribution in [0.4, 0.5) is 0 Å². The predicted molar refractivity (Wildman–Crippen MR) is 77.1 cm³/mol. The van der Waals surface area contributed by atoms with Gasteiger partial charge in [0.15, 0.2) is 0 Å². The van der Waals surface area contributed by atoms with E-state index in [-0.39, 0.29) is 12.5 Å². The second kappa shape index (κ2) is 8.04. The molecule has 0 aromatic heterocycles. The third-order valence-corrected chi connectivity index (χ3v) is 2.75. The summed E-state index contributed by atoms with van der Waals surface area (Å²) in [7, 11) is 0. The van der Waals surface area contributed by atoms with E-state index in [0.717, 1.165) is 5.56 Å². The van der Waals surface area contributed by atoms with E-state index in [4.69, 9.17) is 4.74 Å². The van der Waals surface area contributed by atoms with Crippen molar-refractivity contribution >= 4 is 17.8 Å². The number of carbonyl (C=O) groups excluding carboxylic acids is 3. The molecule has 114 valence electrons. The van der Waals surface area contributed by atoms with Crippen molar-refractivity contribution in [1.82, 2.24) is 10.6 Å². The Morgan fingerprint density at radius 3 is 2.24 bits per heavy atom. The molecule has 1 rings (SSSR count). The Labute approximate surface area is 123 Å². The van der Waals surface area contributed by atoms with E-state index < -0.39 is 24.0 Å². The lowest BCUT2D eigenvalue weighted by Crippen LogP contribution is -2.49. The van der Waals surface area contributed by atoms with Gasteiger partial charge in [-0.3, -0.25) is 9.59 Å². The maximum atomic E-state index is 11.8. The van der Waals surface area contributed by atoms with Crippen LogP contribution in [-0.4, -0.2) is 29.9 Å². The Balaban J connectivity index is 2.40. The van der Waals surface area contributed by atoms with Crippen LogP contribution >= 0.6 is 0 Å². The lowest BCUT2D eigenvalue weighted by molar-refractivity contribution is -0.148. The van der Waals surface area contributed by atoms with Gasteiger partial charge in [0.05, 0.1) is 0 Å². The highest BCUT2D eigenvalue weighted by Crippen LogP contribution is 2.02. The quantitative estimate of drug-likeness (QED) is 0.758. The summed E-state index contributed by atoms with van der Waals surface area (Å²) in [6, 6.07) is 7.78. The predicted octanol–water partition coefficient (Wildman–Crippen LogP) is 0.759. The topological polar surface area (TPSA) is 84.5 Å². The van der Waals surface area contributed by atoms with Crippen molar-refractivity contribution in [2.45, 2.75) is 39.5 Å². The second-order valence-corrected chi connectivity index (χ2v) is 4.75. The van der Waals surface area contributed by atoms with E-state index in [2.05, 4.69) is 10.6 Å². The average molecular weight is 292 g/mol. The third kappa shape index (κ3) is 6.07. The molecule has 0 radical (unpaired) electrons. The molecule has 6 heteroatoms. The zero-order chi connectivity index (χ0) is 15.8. The van der Waals surface area contributed by atoms with Crippen LogP contribution in [-0.2, 0) is 25.7 Å². The highest BCUT2D eigenvalue weighted by Gasteiger charge is 2.21. The molecule has 0 spiro atoms. The number of nitrogens with one attached hydrogen (secondary N) is 2. The number of rotatable bonds is 6. The second-order valence-electron chi connectivity index (χ2n) is 4.75. The number of hydrogen-bond acceptors (Lipinski definition) is 4. The van der Waals surface area contributed by atoms with Gasteiger partial charge in [-0.05, 0) is 19.4 Å². The van der Waals surface area contributed by atoms with Crippen LogP contribution in [0.2, 0.25) is 0 Å². The van der Waals surface area contributed by atoms with Crippen molar-refractivity contribution in [3.63, 3.8) is 0 Å². The number of benzene rings is 1. The van der Waals surface area contributed by atoms with Gasteiger partial charge in [-0.25, -0.2) is 4.79 Å². The molecule has 0 fully saturated rings. The van der Waals surface area contributed by atoms with Crippen molar-refractivity contribution in [2.24, 2.45) is 0 Å². The van der Waals surface area contributed by atoms with Crippen LogP contribution in [0.5, 0.6) is 0 Å². The number of hydrogen-bond donors (Lipinski definition) is 2. The first-order valence-electron chi connectivity index (χ1n) is 6.68. The fraction of sp³-hybridized carbons (Fsp3) is 0.400. The van der Waals surface area contributed by atoms with Crippen molar-refractivity contribution in [3.05, 3.63) is 35.9 Å². The first-order valence-corrected chi connectivity index (χ1v) is 6.68. The lowest BCUT2D eigenvalue weighted by atomic mass is 10.2. The van der Waals surface area contributed by atoms with Crippen molar-refractivity contribution < 1.29 is 19.1 Å². The normalized spacial score (nSPS) is 12.9. The molecule has 0 bridgehead atoms. The summed E-state index contributed by atoms with van der Waals surface area (Å²) in [6.45, 7) is 4.55. The molecule has 0 unspecified atom stereocenters. The maximum absolute atomic E-state index is 11.8. The molecule has 2 N–H and O–H groups in total. The summed E-state index contributed by atoms with van der Waals surface area (Å²) >= 11 is 0. The Morgan fingerprint density at radius 1 is 1.05 bits per heavy atom. The smallest absolute Gasteiger partial charge is 0.328 e. The van der Waals surface area contributed by atoms with Crippen LogP contribution in [0.3, 0.4) is 0 Å². The van der Waals surface area contributed by atoms with Crippen LogP contribution in [0.1, 0.15) is 26.3 Å². The minimum atomic E-state index is -0.780. The van der Waals surface area contributed by atoms with E-state index in [1.54, 1.807) is 6.92 Å². The van der Waals surface area contributed by atoms with Gasteiger partial charge in [0.1, 0.15) is 18.7 Å². The molecule has 1 aromatic rings. The van der Waals surface area contributed by atoms with Gasteiger partial charge in [-0.1, -0.05) is 30.3 Å². The van der Waals surface area contributed by atoms with Crippen molar-refractivity contribution in [2.75, 3.05) is 0 Å². The Kier molecular flexibility index (Phi) is 6.39. The Morgan fingerprint density at radius 2 is 1.67 bits per heavy atom. The van der Waals surface area contributed by atoms with Crippen LogP contribution < -0.4 is 10.6 Å². The summed E-state index contributed by atoms with van der Waals surface area (Å²) in [5, 5.41) is 4.93. The third-order valence-electron chi connectivity index (χ3n) is 2.75. The monoisotopic (exact) mass is 292 g/mol. The standard InChI is InChI=1S/C15H20N2O4/c1-10(16-12(3)18)14(19)17-11(2)15(20)21-9-13-7-5-4-6-8-13/h4-8,10-11H,9H2,1-3H3,(H,16,18)(H,17,19)/t10-,11+/m1/s1. The molecule has 0 aliphatic rings. The zero-order valence-electron chi connectivity index (χ0n) is 12.4. The zero-order valence-corrected chi connectivity index (χ0v) is 12.4. The first kappa shape index (κ1) is 16.7. The van der Waals surface area contributed by atoms with Crippen LogP contribution in [0.25, 0.3) is 0 Å². The molecule has 0 aliphatic heterocycles. The lowest BCUT2D eigenvalue weighted by Gasteiger charge is -2.17. The number of amides is 2. The van der Waals surface area contributed by atoms with Gasteiger partial charge >= 0.3 is 5.97 Å². The van der Waals surface area contributed by atoms with Crippen molar-refractivity contribution in [1.29, 1.82) is 0 Å². The first-order chi connectivity index (χ1) is 9.90. The Hall–Kier alpha value is -2.37. The van der Waals surface area contributed by atoms with Gasteiger partial charge in [0.2, 0.25) is 11.8 Å². The van der Waals surface area contributed by atoms with E-state index in [1.165, 1.54) is 13.8 Å². The van der Waals surface area contributed by atoms with E-state index in [1.807, 2.05) is 30.3 Å². The van der Waals surface area contributed by atoms with Gasteiger partial charge in [-0.15, -0.1) is 0 Å². The summed E-state index contributed by atoms with van der Waals surface area (Å²) in [4.78, 5) is 34.4. The fourth-order valence-electron chi connectivity index (χ4n) is 1.62. The largest absolute Gasteiger partial charge is 0.459 e. The van der Waals surface area contributed by atoms with E-state index >= 15 is 0 Å². The van der Waals surface area contributed by atoms with E-state index in [0.29, 0.717) is 0 Å². The summed E-state index contributed by atoms with van der Waals surface area (Å²) in [6.07, 6.45) is 0. The molecule has 0 saturated heterocycles. The van der Waals surface area contributed by atoms with Gasteiger partial charge in [0, 0.05) is 6.92 Å². The average Bonchev–Trinajstić information content (AvgIpc) is 2.44. The summed E-state index contributed by atoms with van der Waals surface area (Å²) in [5.74, 6) is -1.27. The van der Waals surface area contributed by atoms with Gasteiger partial charge in [0.25, 0.3) is 0 Å². The molecular formula is C15H20N2O4.